The van der Waals surface area contributed by atoms with Gasteiger partial charge in [-0.25, -0.2) is 4.98 Å². The number of rotatable bonds is 8. The van der Waals surface area contributed by atoms with Crippen molar-refractivity contribution in [2.24, 2.45) is 0 Å². The maximum absolute atomic E-state index is 11.0. The van der Waals surface area contributed by atoms with E-state index in [0.717, 1.165) is 47.6 Å². The fourth-order valence-corrected chi connectivity index (χ4v) is 3.79. The fraction of sp³-hybridized carbons (Fsp3) is 0.483. The number of aromatic hydroxyl groups is 1. The summed E-state index contributed by atoms with van der Waals surface area (Å²) in [6, 6.07) is 12.2. The zero-order chi connectivity index (χ0) is 25.1. The van der Waals surface area contributed by atoms with E-state index in [1.165, 1.54) is 5.56 Å². The van der Waals surface area contributed by atoms with E-state index in [0.29, 0.717) is 18.2 Å². The summed E-state index contributed by atoms with van der Waals surface area (Å²) in [5.74, 6) is 1.69. The number of likely N-dealkylation sites (N-methyl/N-ethyl adjacent to an activating group) is 1. The zero-order valence-electron chi connectivity index (χ0n) is 22.0. The Labute approximate surface area is 204 Å². The average molecular weight is 465 g/mol. The summed E-state index contributed by atoms with van der Waals surface area (Å²) in [4.78, 5) is 6.97. The van der Waals surface area contributed by atoms with Crippen LogP contribution in [0, 0.1) is 0 Å². The van der Waals surface area contributed by atoms with Gasteiger partial charge in [0.25, 0.3) is 0 Å². The highest BCUT2D eigenvalue weighted by atomic mass is 16.5. The Hall–Kier alpha value is -2.79. The van der Waals surface area contributed by atoms with Crippen LogP contribution in [-0.4, -0.2) is 35.1 Å². The molecular formula is C29H40N2O3. The molecular weight excluding hydrogens is 424 g/mol. The Kier molecular flexibility index (Phi) is 7.77. The second-order valence-electron chi connectivity index (χ2n) is 11.1. The molecule has 3 aromatic rings. The molecule has 0 saturated carbocycles. The number of benzene rings is 2. The molecule has 5 heteroatoms. The van der Waals surface area contributed by atoms with E-state index < -0.39 is 0 Å². The maximum Gasteiger partial charge on any atom is 0.226 e. The second kappa shape index (κ2) is 10.2. The monoisotopic (exact) mass is 464 g/mol. The van der Waals surface area contributed by atoms with Crippen molar-refractivity contribution in [3.8, 4) is 23.0 Å². The third kappa shape index (κ3) is 6.41. The van der Waals surface area contributed by atoms with Gasteiger partial charge in [0.15, 0.2) is 0 Å². The normalized spacial score (nSPS) is 12.4. The topological polar surface area (TPSA) is 58.7 Å². The second-order valence-corrected chi connectivity index (χ2v) is 11.1. The minimum Gasteiger partial charge on any atom is -0.507 e. The van der Waals surface area contributed by atoms with Crippen LogP contribution < -0.4 is 4.74 Å². The molecule has 1 aromatic heterocycles. The van der Waals surface area contributed by atoms with E-state index >= 15 is 0 Å². The van der Waals surface area contributed by atoms with Crippen molar-refractivity contribution < 1.29 is 14.3 Å². The van der Waals surface area contributed by atoms with Crippen LogP contribution in [-0.2, 0) is 23.9 Å². The van der Waals surface area contributed by atoms with Crippen LogP contribution in [0.25, 0.3) is 11.5 Å². The number of phenolic OH excluding ortho intramolecular Hbond substituents is 1. The van der Waals surface area contributed by atoms with Crippen LogP contribution in [0.5, 0.6) is 11.5 Å². The van der Waals surface area contributed by atoms with E-state index in [-0.39, 0.29) is 10.8 Å². The van der Waals surface area contributed by atoms with Crippen molar-refractivity contribution in [3.63, 3.8) is 0 Å². The molecule has 184 valence electrons. The summed E-state index contributed by atoms with van der Waals surface area (Å²) in [6.07, 6.45) is 2.67. The Morgan fingerprint density at radius 1 is 0.971 bits per heavy atom. The highest BCUT2D eigenvalue weighted by molar-refractivity contribution is 5.63. The molecule has 3 rings (SSSR count). The molecule has 1 heterocycles. The molecule has 0 spiro atoms. The SMILES string of the molecule is CCN(C)CCc1ccc(OCc2coc(-c3cc(C(C)(C)C)c(O)c(C(C)(C)C)c3)n2)cc1. The summed E-state index contributed by atoms with van der Waals surface area (Å²) < 4.78 is 11.8. The van der Waals surface area contributed by atoms with E-state index in [1.54, 1.807) is 6.26 Å². The number of nitrogens with zero attached hydrogens (tertiary/aromatic N) is 2. The highest BCUT2D eigenvalue weighted by Crippen LogP contribution is 2.41. The molecule has 5 nitrogen and oxygen atoms in total. The van der Waals surface area contributed by atoms with Crippen LogP contribution in [0.1, 0.15) is 70.9 Å². The highest BCUT2D eigenvalue weighted by Gasteiger charge is 2.27. The molecule has 0 atom stereocenters. The molecule has 0 aliphatic heterocycles. The summed E-state index contributed by atoms with van der Waals surface area (Å²) >= 11 is 0. The molecule has 0 aliphatic carbocycles. The first-order valence-electron chi connectivity index (χ1n) is 12.1. The van der Waals surface area contributed by atoms with Gasteiger partial charge in [-0.1, -0.05) is 60.6 Å². The third-order valence-electron chi connectivity index (χ3n) is 6.16. The molecule has 0 bridgehead atoms. The van der Waals surface area contributed by atoms with Crippen molar-refractivity contribution in [2.45, 2.75) is 72.3 Å². The molecule has 2 aromatic carbocycles. The number of aromatic nitrogens is 1. The lowest BCUT2D eigenvalue weighted by molar-refractivity contribution is 0.301. The van der Waals surface area contributed by atoms with Gasteiger partial charge < -0.3 is 19.2 Å². The van der Waals surface area contributed by atoms with Gasteiger partial charge in [-0.15, -0.1) is 0 Å². The predicted molar refractivity (Wildman–Crippen MR) is 139 cm³/mol. The number of ether oxygens (including phenoxy) is 1. The predicted octanol–water partition coefficient (Wildman–Crippen LogP) is 6.72. The van der Waals surface area contributed by atoms with Gasteiger partial charge in [0, 0.05) is 23.2 Å². The average Bonchev–Trinajstić information content (AvgIpc) is 3.24. The number of hydrogen-bond donors (Lipinski definition) is 1. The number of phenols is 1. The van der Waals surface area contributed by atoms with Crippen LogP contribution in [0.4, 0.5) is 0 Å². The lowest BCUT2D eigenvalue weighted by atomic mass is 9.78. The Balaban J connectivity index is 1.74. The lowest BCUT2D eigenvalue weighted by Gasteiger charge is -2.27. The standard InChI is InChI=1S/C29H40N2O3/c1-9-31(8)15-14-20-10-12-23(13-11-20)33-18-22-19-34-27(30-22)21-16-24(28(2,3)4)26(32)25(17-21)29(5,6)7/h10-13,16-17,19,32H,9,14-15,18H2,1-8H3. The van der Waals surface area contributed by atoms with Crippen LogP contribution in [0.3, 0.4) is 0 Å². The van der Waals surface area contributed by atoms with Crippen molar-refractivity contribution in [1.29, 1.82) is 0 Å². The third-order valence-corrected chi connectivity index (χ3v) is 6.16. The Morgan fingerprint density at radius 2 is 1.56 bits per heavy atom. The first-order chi connectivity index (χ1) is 15.9. The van der Waals surface area contributed by atoms with Crippen molar-refractivity contribution in [2.75, 3.05) is 20.1 Å². The van der Waals surface area contributed by atoms with Gasteiger partial charge in [0.05, 0.1) is 0 Å². The van der Waals surface area contributed by atoms with Crippen LogP contribution in [0.2, 0.25) is 0 Å². The van der Waals surface area contributed by atoms with Gasteiger partial charge in [-0.3, -0.25) is 0 Å². The molecule has 0 radical (unpaired) electrons. The van der Waals surface area contributed by atoms with Crippen molar-refractivity contribution in [3.05, 3.63) is 65.0 Å². The van der Waals surface area contributed by atoms with Gasteiger partial charge in [0.1, 0.15) is 30.1 Å². The molecule has 0 aliphatic rings. The Morgan fingerprint density at radius 3 is 2.09 bits per heavy atom. The quantitative estimate of drug-likeness (QED) is 0.401. The van der Waals surface area contributed by atoms with Gasteiger partial charge in [-0.05, 0) is 60.7 Å². The molecule has 34 heavy (non-hydrogen) atoms. The Bertz CT molecular complexity index is 1050. The minimum absolute atomic E-state index is 0.212. The number of hydrogen-bond acceptors (Lipinski definition) is 5. The summed E-state index contributed by atoms with van der Waals surface area (Å²) in [6.45, 7) is 17.2. The maximum atomic E-state index is 11.0. The molecule has 0 unspecified atom stereocenters. The summed E-state index contributed by atoms with van der Waals surface area (Å²) in [5.41, 5.74) is 4.24. The number of oxazole rings is 1. The summed E-state index contributed by atoms with van der Waals surface area (Å²) in [7, 11) is 2.13. The minimum atomic E-state index is -0.212. The van der Waals surface area contributed by atoms with Crippen LogP contribution in [0.15, 0.2) is 47.1 Å². The molecule has 1 N–H and O–H groups in total. The largest absolute Gasteiger partial charge is 0.507 e. The van der Waals surface area contributed by atoms with E-state index in [9.17, 15) is 5.11 Å². The van der Waals surface area contributed by atoms with E-state index in [1.807, 2.05) is 24.3 Å². The molecule has 0 fully saturated rings. The van der Waals surface area contributed by atoms with Gasteiger partial charge in [0.2, 0.25) is 5.89 Å². The first-order valence-corrected chi connectivity index (χ1v) is 12.1. The smallest absolute Gasteiger partial charge is 0.226 e. The van der Waals surface area contributed by atoms with E-state index in [2.05, 4.69) is 77.5 Å². The van der Waals surface area contributed by atoms with Gasteiger partial charge in [-0.2, -0.15) is 0 Å². The summed E-state index contributed by atoms with van der Waals surface area (Å²) in [5, 5.41) is 11.0. The van der Waals surface area contributed by atoms with E-state index in [4.69, 9.17) is 9.15 Å². The fourth-order valence-electron chi connectivity index (χ4n) is 3.79. The van der Waals surface area contributed by atoms with Crippen molar-refractivity contribution >= 4 is 0 Å². The van der Waals surface area contributed by atoms with Crippen molar-refractivity contribution in [1.82, 2.24) is 9.88 Å². The van der Waals surface area contributed by atoms with Crippen LogP contribution >= 0.6 is 0 Å². The van der Waals surface area contributed by atoms with Gasteiger partial charge >= 0.3 is 0 Å². The molecule has 0 amide bonds. The zero-order valence-corrected chi connectivity index (χ0v) is 22.0. The first kappa shape index (κ1) is 25.8. The lowest BCUT2D eigenvalue weighted by Crippen LogP contribution is -2.20. The molecule has 0 saturated heterocycles.